The Morgan fingerprint density at radius 2 is 2.05 bits per heavy atom. The number of nitrogens with one attached hydrogen (secondary N) is 1. The highest BCUT2D eigenvalue weighted by Crippen LogP contribution is 2.27. The van der Waals surface area contributed by atoms with Crippen LogP contribution < -0.4 is 5.32 Å². The molecule has 1 saturated carbocycles. The molecule has 0 amide bonds. The minimum absolute atomic E-state index is 0.706. The van der Waals surface area contributed by atoms with Gasteiger partial charge in [0.15, 0.2) is 0 Å². The summed E-state index contributed by atoms with van der Waals surface area (Å²) < 4.78 is 5.66. The van der Waals surface area contributed by atoms with Crippen LogP contribution in [-0.4, -0.2) is 50.3 Å². The van der Waals surface area contributed by atoms with Crippen molar-refractivity contribution >= 4 is 0 Å². The SMILES string of the molecule is C=C(C)COCCN1CCCNC(C2CCCCC2)C1. The lowest BCUT2D eigenvalue weighted by molar-refractivity contribution is 0.113. The molecule has 1 unspecified atom stereocenters. The van der Waals surface area contributed by atoms with E-state index in [0.29, 0.717) is 12.6 Å². The summed E-state index contributed by atoms with van der Waals surface area (Å²) in [6.45, 7) is 12.1. The summed E-state index contributed by atoms with van der Waals surface area (Å²) in [4.78, 5) is 2.59. The molecule has 116 valence electrons. The van der Waals surface area contributed by atoms with Gasteiger partial charge in [0.25, 0.3) is 0 Å². The summed E-state index contributed by atoms with van der Waals surface area (Å²) in [6.07, 6.45) is 8.44. The second kappa shape index (κ2) is 8.81. The van der Waals surface area contributed by atoms with Crippen LogP contribution in [0.5, 0.6) is 0 Å². The zero-order chi connectivity index (χ0) is 14.2. The normalized spacial score (nSPS) is 26.4. The van der Waals surface area contributed by atoms with E-state index in [4.69, 9.17) is 4.74 Å². The highest BCUT2D eigenvalue weighted by Gasteiger charge is 2.26. The fraction of sp³-hybridized carbons (Fsp3) is 0.882. The Labute approximate surface area is 124 Å². The second-order valence-corrected chi connectivity index (χ2v) is 6.62. The predicted molar refractivity (Wildman–Crippen MR) is 85.1 cm³/mol. The smallest absolute Gasteiger partial charge is 0.0672 e. The fourth-order valence-corrected chi connectivity index (χ4v) is 3.52. The molecule has 2 fully saturated rings. The predicted octanol–water partition coefficient (Wildman–Crippen LogP) is 2.82. The summed E-state index contributed by atoms with van der Waals surface area (Å²) >= 11 is 0. The first-order valence-electron chi connectivity index (χ1n) is 8.43. The van der Waals surface area contributed by atoms with Gasteiger partial charge in [0.2, 0.25) is 0 Å². The van der Waals surface area contributed by atoms with Crippen molar-refractivity contribution in [1.29, 1.82) is 0 Å². The van der Waals surface area contributed by atoms with Crippen LogP contribution in [-0.2, 0) is 4.74 Å². The van der Waals surface area contributed by atoms with Crippen LogP contribution in [0.2, 0.25) is 0 Å². The van der Waals surface area contributed by atoms with Gasteiger partial charge in [-0.15, -0.1) is 0 Å². The Hall–Kier alpha value is -0.380. The van der Waals surface area contributed by atoms with Crippen molar-refractivity contribution in [3.05, 3.63) is 12.2 Å². The van der Waals surface area contributed by atoms with E-state index in [1.54, 1.807) is 0 Å². The molecule has 1 atom stereocenters. The molecule has 0 aromatic carbocycles. The monoisotopic (exact) mass is 280 g/mol. The van der Waals surface area contributed by atoms with Crippen molar-refractivity contribution in [2.24, 2.45) is 5.92 Å². The van der Waals surface area contributed by atoms with Gasteiger partial charge in [-0.2, -0.15) is 0 Å². The standard InChI is InChI=1S/C17H32N2O/c1-15(2)14-20-12-11-19-10-6-9-18-17(13-19)16-7-4-3-5-8-16/h16-18H,1,3-14H2,2H3. The Kier molecular flexibility index (Phi) is 7.05. The van der Waals surface area contributed by atoms with Gasteiger partial charge in [-0.1, -0.05) is 31.4 Å². The average Bonchev–Trinajstić information content (AvgIpc) is 2.70. The van der Waals surface area contributed by atoms with E-state index in [-0.39, 0.29) is 0 Å². The van der Waals surface area contributed by atoms with Crippen LogP contribution in [0.1, 0.15) is 45.4 Å². The van der Waals surface area contributed by atoms with Gasteiger partial charge in [-0.25, -0.2) is 0 Å². The second-order valence-electron chi connectivity index (χ2n) is 6.62. The van der Waals surface area contributed by atoms with Crippen LogP contribution in [0.25, 0.3) is 0 Å². The van der Waals surface area contributed by atoms with Crippen molar-refractivity contribution in [3.63, 3.8) is 0 Å². The van der Waals surface area contributed by atoms with Crippen molar-refractivity contribution in [1.82, 2.24) is 10.2 Å². The molecule has 0 aromatic heterocycles. The van der Waals surface area contributed by atoms with Crippen molar-refractivity contribution < 1.29 is 4.74 Å². The maximum atomic E-state index is 5.66. The number of nitrogens with zero attached hydrogens (tertiary/aromatic N) is 1. The quantitative estimate of drug-likeness (QED) is 0.598. The summed E-state index contributed by atoms with van der Waals surface area (Å²) in [5.41, 5.74) is 1.11. The molecule has 2 aliphatic rings. The van der Waals surface area contributed by atoms with E-state index in [2.05, 4.69) is 16.8 Å². The molecule has 0 radical (unpaired) electrons. The molecule has 1 heterocycles. The topological polar surface area (TPSA) is 24.5 Å². The first-order valence-corrected chi connectivity index (χ1v) is 8.43. The Morgan fingerprint density at radius 1 is 1.25 bits per heavy atom. The first-order chi connectivity index (χ1) is 9.75. The Bertz CT molecular complexity index is 287. The lowest BCUT2D eigenvalue weighted by atomic mass is 9.83. The molecule has 3 nitrogen and oxygen atoms in total. The number of rotatable bonds is 6. The molecule has 1 N–H and O–H groups in total. The van der Waals surface area contributed by atoms with Crippen LogP contribution in [0.3, 0.4) is 0 Å². The third-order valence-corrected chi connectivity index (χ3v) is 4.63. The van der Waals surface area contributed by atoms with Crippen LogP contribution in [0, 0.1) is 5.92 Å². The van der Waals surface area contributed by atoms with E-state index < -0.39 is 0 Å². The van der Waals surface area contributed by atoms with Gasteiger partial charge >= 0.3 is 0 Å². The number of hydrogen-bond donors (Lipinski definition) is 1. The third kappa shape index (κ3) is 5.55. The van der Waals surface area contributed by atoms with Crippen molar-refractivity contribution in [2.75, 3.05) is 39.4 Å². The molecule has 3 heteroatoms. The van der Waals surface area contributed by atoms with Gasteiger partial charge in [0, 0.05) is 19.1 Å². The highest BCUT2D eigenvalue weighted by molar-refractivity contribution is 4.87. The van der Waals surface area contributed by atoms with Gasteiger partial charge in [-0.3, -0.25) is 4.90 Å². The summed E-state index contributed by atoms with van der Waals surface area (Å²) in [5.74, 6) is 0.903. The molecule has 1 aliphatic heterocycles. The molecule has 1 aliphatic carbocycles. The molecule has 1 saturated heterocycles. The first kappa shape index (κ1) is 16.0. The van der Waals surface area contributed by atoms with Crippen LogP contribution in [0.15, 0.2) is 12.2 Å². The molecule has 0 aromatic rings. The zero-order valence-corrected chi connectivity index (χ0v) is 13.2. The molecule has 20 heavy (non-hydrogen) atoms. The number of hydrogen-bond acceptors (Lipinski definition) is 3. The van der Waals surface area contributed by atoms with Crippen LogP contribution in [0.4, 0.5) is 0 Å². The molecular weight excluding hydrogens is 248 g/mol. The van der Waals surface area contributed by atoms with Gasteiger partial charge in [0.1, 0.15) is 0 Å². The summed E-state index contributed by atoms with van der Waals surface area (Å²) in [7, 11) is 0. The van der Waals surface area contributed by atoms with E-state index in [1.165, 1.54) is 58.2 Å². The Morgan fingerprint density at radius 3 is 2.80 bits per heavy atom. The maximum Gasteiger partial charge on any atom is 0.0672 e. The highest BCUT2D eigenvalue weighted by atomic mass is 16.5. The van der Waals surface area contributed by atoms with E-state index >= 15 is 0 Å². The van der Waals surface area contributed by atoms with Crippen molar-refractivity contribution in [3.8, 4) is 0 Å². The maximum absolute atomic E-state index is 5.66. The summed E-state index contributed by atoms with van der Waals surface area (Å²) in [5, 5.41) is 3.79. The van der Waals surface area contributed by atoms with Gasteiger partial charge in [0.05, 0.1) is 13.2 Å². The van der Waals surface area contributed by atoms with Gasteiger partial charge in [-0.05, 0) is 45.2 Å². The molecule has 0 spiro atoms. The van der Waals surface area contributed by atoms with Gasteiger partial charge < -0.3 is 10.1 Å². The van der Waals surface area contributed by atoms with Crippen LogP contribution >= 0.6 is 0 Å². The lowest BCUT2D eigenvalue weighted by Gasteiger charge is -2.32. The fourth-order valence-electron chi connectivity index (χ4n) is 3.52. The van der Waals surface area contributed by atoms with E-state index in [0.717, 1.165) is 24.6 Å². The zero-order valence-electron chi connectivity index (χ0n) is 13.2. The lowest BCUT2D eigenvalue weighted by Crippen LogP contribution is -2.44. The summed E-state index contributed by atoms with van der Waals surface area (Å²) in [6, 6.07) is 0.707. The molecule has 2 rings (SSSR count). The average molecular weight is 280 g/mol. The van der Waals surface area contributed by atoms with E-state index in [1.807, 2.05) is 6.92 Å². The number of ether oxygens (including phenoxy) is 1. The minimum Gasteiger partial charge on any atom is -0.376 e. The molecule has 0 bridgehead atoms. The third-order valence-electron chi connectivity index (χ3n) is 4.63. The molecular formula is C17H32N2O. The van der Waals surface area contributed by atoms with E-state index in [9.17, 15) is 0 Å². The van der Waals surface area contributed by atoms with Crippen molar-refractivity contribution in [2.45, 2.75) is 51.5 Å². The minimum atomic E-state index is 0.706. The Balaban J connectivity index is 1.73. The largest absolute Gasteiger partial charge is 0.376 e.